The molecule has 2 aromatic rings. The smallest absolute Gasteiger partial charge is 0.172 e. The van der Waals surface area contributed by atoms with Gasteiger partial charge in [-0.15, -0.1) is 0 Å². The van der Waals surface area contributed by atoms with Crippen molar-refractivity contribution >= 4 is 23.5 Å². The Hall–Kier alpha value is -2.13. The van der Waals surface area contributed by atoms with Gasteiger partial charge in [-0.2, -0.15) is 0 Å². The number of rotatable bonds is 5. The topological polar surface area (TPSA) is 39.2 Å². The van der Waals surface area contributed by atoms with E-state index in [-0.39, 0.29) is 0 Å². The van der Waals surface area contributed by atoms with Crippen LogP contribution in [-0.4, -0.2) is 17.9 Å². The van der Waals surface area contributed by atoms with Crippen LogP contribution >= 0.6 is 11.6 Å². The SMILES string of the molecule is O=Cc1ncccc1OCC1=C(c2ccccc2Cl)CCCC1. The zero-order valence-electron chi connectivity index (χ0n) is 12.8. The molecule has 0 amide bonds. The minimum Gasteiger partial charge on any atom is -0.487 e. The summed E-state index contributed by atoms with van der Waals surface area (Å²) in [5, 5.41) is 0.775. The first-order valence-corrected chi connectivity index (χ1v) is 8.16. The Morgan fingerprint density at radius 2 is 1.96 bits per heavy atom. The number of benzene rings is 1. The predicted molar refractivity (Wildman–Crippen MR) is 92.0 cm³/mol. The normalized spacial score (nSPS) is 14.7. The van der Waals surface area contributed by atoms with Crippen molar-refractivity contribution in [3.8, 4) is 5.75 Å². The van der Waals surface area contributed by atoms with Crippen LogP contribution in [0.2, 0.25) is 5.02 Å². The van der Waals surface area contributed by atoms with Crippen LogP contribution in [-0.2, 0) is 0 Å². The molecule has 3 nitrogen and oxygen atoms in total. The maximum atomic E-state index is 11.0. The molecule has 1 heterocycles. The van der Waals surface area contributed by atoms with Gasteiger partial charge in [0.25, 0.3) is 0 Å². The van der Waals surface area contributed by atoms with Crippen LogP contribution in [0.4, 0.5) is 0 Å². The summed E-state index contributed by atoms with van der Waals surface area (Å²) >= 11 is 6.36. The highest BCUT2D eigenvalue weighted by atomic mass is 35.5. The van der Waals surface area contributed by atoms with Crippen molar-refractivity contribution in [1.29, 1.82) is 0 Å². The van der Waals surface area contributed by atoms with Gasteiger partial charge in [0, 0.05) is 11.2 Å². The van der Waals surface area contributed by atoms with E-state index in [1.807, 2.05) is 18.2 Å². The molecule has 0 spiro atoms. The van der Waals surface area contributed by atoms with Crippen molar-refractivity contribution in [3.63, 3.8) is 0 Å². The van der Waals surface area contributed by atoms with Crippen LogP contribution in [0, 0.1) is 0 Å². The molecule has 23 heavy (non-hydrogen) atoms. The maximum Gasteiger partial charge on any atom is 0.172 e. The lowest BCUT2D eigenvalue weighted by Gasteiger charge is -2.22. The third-order valence-electron chi connectivity index (χ3n) is 4.09. The van der Waals surface area contributed by atoms with Gasteiger partial charge in [0.15, 0.2) is 6.29 Å². The summed E-state index contributed by atoms with van der Waals surface area (Å²) in [6.07, 6.45) is 6.63. The van der Waals surface area contributed by atoms with E-state index in [0.29, 0.717) is 18.1 Å². The molecule has 0 fully saturated rings. The van der Waals surface area contributed by atoms with Crippen LogP contribution in [0.1, 0.15) is 41.7 Å². The molecule has 1 aliphatic carbocycles. The number of carbonyl (C=O) groups is 1. The molecule has 0 bridgehead atoms. The number of ether oxygens (including phenoxy) is 1. The van der Waals surface area contributed by atoms with Gasteiger partial charge in [-0.3, -0.25) is 4.79 Å². The molecule has 0 radical (unpaired) electrons. The van der Waals surface area contributed by atoms with Gasteiger partial charge < -0.3 is 4.74 Å². The monoisotopic (exact) mass is 327 g/mol. The van der Waals surface area contributed by atoms with E-state index in [9.17, 15) is 4.79 Å². The number of nitrogens with zero attached hydrogens (tertiary/aromatic N) is 1. The van der Waals surface area contributed by atoms with E-state index in [4.69, 9.17) is 16.3 Å². The second-order valence-corrected chi connectivity index (χ2v) is 5.97. The highest BCUT2D eigenvalue weighted by Gasteiger charge is 2.17. The summed E-state index contributed by atoms with van der Waals surface area (Å²) in [4.78, 5) is 15.1. The van der Waals surface area contributed by atoms with E-state index in [2.05, 4.69) is 11.1 Å². The average Bonchev–Trinajstić information content (AvgIpc) is 2.61. The van der Waals surface area contributed by atoms with E-state index >= 15 is 0 Å². The quantitative estimate of drug-likeness (QED) is 0.729. The van der Waals surface area contributed by atoms with Gasteiger partial charge in [0.2, 0.25) is 0 Å². The zero-order valence-corrected chi connectivity index (χ0v) is 13.6. The second kappa shape index (κ2) is 7.42. The minimum atomic E-state index is 0.336. The first-order chi connectivity index (χ1) is 11.3. The molecule has 4 heteroatoms. The van der Waals surface area contributed by atoms with Crippen molar-refractivity contribution in [1.82, 2.24) is 4.98 Å². The molecule has 1 aromatic heterocycles. The van der Waals surface area contributed by atoms with Crippen molar-refractivity contribution in [2.24, 2.45) is 0 Å². The molecule has 1 aromatic carbocycles. The molecule has 0 N–H and O–H groups in total. The molecule has 0 saturated heterocycles. The van der Waals surface area contributed by atoms with Gasteiger partial charge in [-0.1, -0.05) is 29.8 Å². The van der Waals surface area contributed by atoms with Crippen LogP contribution in [0.25, 0.3) is 5.57 Å². The number of aromatic nitrogens is 1. The Kier molecular flexibility index (Phi) is 5.09. The lowest BCUT2D eigenvalue weighted by Crippen LogP contribution is -2.09. The first-order valence-electron chi connectivity index (χ1n) is 7.78. The molecule has 3 rings (SSSR count). The summed E-state index contributed by atoms with van der Waals surface area (Å²) in [6.45, 7) is 0.465. The number of halogens is 1. The number of hydrogen-bond donors (Lipinski definition) is 0. The first kappa shape index (κ1) is 15.8. The van der Waals surface area contributed by atoms with Crippen molar-refractivity contribution in [3.05, 3.63) is 64.4 Å². The lowest BCUT2D eigenvalue weighted by molar-refractivity contribution is 0.111. The molecule has 1 aliphatic rings. The van der Waals surface area contributed by atoms with Crippen LogP contribution in [0.5, 0.6) is 5.75 Å². The van der Waals surface area contributed by atoms with Gasteiger partial charge in [0.05, 0.1) is 0 Å². The summed E-state index contributed by atoms with van der Waals surface area (Å²) in [7, 11) is 0. The van der Waals surface area contributed by atoms with Crippen LogP contribution < -0.4 is 4.74 Å². The van der Waals surface area contributed by atoms with E-state index < -0.39 is 0 Å². The number of pyridine rings is 1. The molecule has 0 saturated carbocycles. The van der Waals surface area contributed by atoms with E-state index in [1.54, 1.807) is 18.3 Å². The third-order valence-corrected chi connectivity index (χ3v) is 4.42. The van der Waals surface area contributed by atoms with Gasteiger partial charge >= 0.3 is 0 Å². The standard InChI is InChI=1S/C19H18ClNO2/c20-17-9-4-3-8-16(17)15-7-2-1-6-14(15)13-23-19-10-5-11-21-18(19)12-22/h3-5,8-12H,1-2,6-7,13H2. The van der Waals surface area contributed by atoms with Crippen molar-refractivity contribution in [2.45, 2.75) is 25.7 Å². The fourth-order valence-electron chi connectivity index (χ4n) is 2.94. The van der Waals surface area contributed by atoms with E-state index in [0.717, 1.165) is 42.6 Å². The fraction of sp³-hybridized carbons (Fsp3) is 0.263. The van der Waals surface area contributed by atoms with Gasteiger partial charge in [0.1, 0.15) is 18.1 Å². The Bertz CT molecular complexity index is 740. The Morgan fingerprint density at radius 3 is 2.78 bits per heavy atom. The second-order valence-electron chi connectivity index (χ2n) is 5.56. The predicted octanol–water partition coefficient (Wildman–Crippen LogP) is 4.95. The Balaban J connectivity index is 1.86. The summed E-state index contributed by atoms with van der Waals surface area (Å²) in [5.41, 5.74) is 3.96. The van der Waals surface area contributed by atoms with Crippen molar-refractivity contribution in [2.75, 3.05) is 6.61 Å². The summed E-state index contributed by atoms with van der Waals surface area (Å²) < 4.78 is 5.86. The van der Waals surface area contributed by atoms with Gasteiger partial charge in [-0.25, -0.2) is 4.98 Å². The van der Waals surface area contributed by atoms with E-state index in [1.165, 1.54) is 11.1 Å². The molecule has 118 valence electrons. The van der Waals surface area contributed by atoms with Crippen LogP contribution in [0.3, 0.4) is 0 Å². The molecular weight excluding hydrogens is 310 g/mol. The average molecular weight is 328 g/mol. The fourth-order valence-corrected chi connectivity index (χ4v) is 3.19. The highest BCUT2D eigenvalue weighted by Crippen LogP contribution is 2.35. The maximum absolute atomic E-state index is 11.0. The number of carbonyl (C=O) groups excluding carboxylic acids is 1. The largest absolute Gasteiger partial charge is 0.487 e. The number of aldehydes is 1. The number of hydrogen-bond acceptors (Lipinski definition) is 3. The third kappa shape index (κ3) is 3.62. The molecular formula is C19H18ClNO2. The van der Waals surface area contributed by atoms with Gasteiger partial charge in [-0.05, 0) is 60.6 Å². The van der Waals surface area contributed by atoms with Crippen molar-refractivity contribution < 1.29 is 9.53 Å². The lowest BCUT2D eigenvalue weighted by atomic mass is 9.87. The summed E-state index contributed by atoms with van der Waals surface area (Å²) in [6, 6.07) is 11.5. The Morgan fingerprint density at radius 1 is 1.13 bits per heavy atom. The minimum absolute atomic E-state index is 0.336. The number of allylic oxidation sites excluding steroid dienone is 1. The highest BCUT2D eigenvalue weighted by molar-refractivity contribution is 6.32. The summed E-state index contributed by atoms with van der Waals surface area (Å²) in [5.74, 6) is 0.527. The Labute approximate surface area is 141 Å². The van der Waals surface area contributed by atoms with Crippen LogP contribution in [0.15, 0.2) is 48.2 Å². The molecule has 0 aliphatic heterocycles. The molecule has 0 unspecified atom stereocenters. The molecule has 0 atom stereocenters. The zero-order chi connectivity index (χ0) is 16.1.